The second kappa shape index (κ2) is 5.73. The topological polar surface area (TPSA) is 55.7 Å². The van der Waals surface area contributed by atoms with Crippen molar-refractivity contribution in [3.63, 3.8) is 0 Å². The van der Waals surface area contributed by atoms with Gasteiger partial charge in [0.2, 0.25) is 0 Å². The molecule has 1 N–H and O–H groups in total. The molecule has 5 nitrogen and oxygen atoms in total. The molecule has 0 unspecified atom stereocenters. The third-order valence-corrected chi connectivity index (χ3v) is 3.77. The van der Waals surface area contributed by atoms with Crippen LogP contribution in [0, 0.1) is 4.77 Å². The SMILES string of the molecule is COCCn1c(-c2scnc2C(C)C)n[nH]c1=S. The fourth-order valence-corrected chi connectivity index (χ4v) is 2.88. The van der Waals surface area contributed by atoms with Gasteiger partial charge in [-0.25, -0.2) is 4.98 Å². The van der Waals surface area contributed by atoms with Gasteiger partial charge in [-0.3, -0.25) is 9.67 Å². The summed E-state index contributed by atoms with van der Waals surface area (Å²) in [4.78, 5) is 5.49. The van der Waals surface area contributed by atoms with Crippen LogP contribution in [0.15, 0.2) is 5.51 Å². The minimum atomic E-state index is 0.368. The molecular weight excluding hydrogens is 268 g/mol. The number of aromatic amines is 1. The van der Waals surface area contributed by atoms with E-state index >= 15 is 0 Å². The van der Waals surface area contributed by atoms with E-state index in [-0.39, 0.29) is 0 Å². The molecule has 0 aliphatic carbocycles. The monoisotopic (exact) mass is 284 g/mol. The number of rotatable bonds is 5. The van der Waals surface area contributed by atoms with Crippen LogP contribution in [-0.2, 0) is 11.3 Å². The zero-order chi connectivity index (χ0) is 13.1. The van der Waals surface area contributed by atoms with Gasteiger partial charge in [-0.2, -0.15) is 5.10 Å². The van der Waals surface area contributed by atoms with Crippen molar-refractivity contribution in [2.75, 3.05) is 13.7 Å². The third kappa shape index (κ3) is 2.52. The van der Waals surface area contributed by atoms with E-state index in [4.69, 9.17) is 17.0 Å². The summed E-state index contributed by atoms with van der Waals surface area (Å²) in [5.41, 5.74) is 2.91. The number of thiazole rings is 1. The normalized spacial score (nSPS) is 11.3. The fraction of sp³-hybridized carbons (Fsp3) is 0.545. The van der Waals surface area contributed by atoms with Gasteiger partial charge in [0.15, 0.2) is 10.6 Å². The maximum Gasteiger partial charge on any atom is 0.195 e. The molecule has 0 fully saturated rings. The Morgan fingerprint density at radius 3 is 3.00 bits per heavy atom. The first-order chi connectivity index (χ1) is 8.65. The molecule has 18 heavy (non-hydrogen) atoms. The van der Waals surface area contributed by atoms with Crippen molar-refractivity contribution in [2.45, 2.75) is 26.3 Å². The van der Waals surface area contributed by atoms with Crippen molar-refractivity contribution in [3.05, 3.63) is 16.0 Å². The number of hydrogen-bond acceptors (Lipinski definition) is 5. The van der Waals surface area contributed by atoms with Gasteiger partial charge in [0.25, 0.3) is 0 Å². The average Bonchev–Trinajstić information content (AvgIpc) is 2.93. The van der Waals surface area contributed by atoms with Gasteiger partial charge in [-0.05, 0) is 18.1 Å². The predicted molar refractivity (Wildman–Crippen MR) is 74.5 cm³/mol. The Morgan fingerprint density at radius 2 is 2.33 bits per heavy atom. The highest BCUT2D eigenvalue weighted by atomic mass is 32.1. The maximum atomic E-state index is 5.24. The molecule has 0 spiro atoms. The number of hydrogen-bond donors (Lipinski definition) is 1. The average molecular weight is 284 g/mol. The Morgan fingerprint density at radius 1 is 1.56 bits per heavy atom. The molecule has 2 heterocycles. The molecule has 0 aromatic carbocycles. The Kier molecular flexibility index (Phi) is 4.26. The summed E-state index contributed by atoms with van der Waals surface area (Å²) in [5, 5.41) is 7.15. The molecule has 0 bridgehead atoms. The standard InChI is InChI=1S/C11H16N4OS2/c1-7(2)8-9(18-6-12-8)10-13-14-11(17)15(10)4-5-16-3/h6-7H,4-5H2,1-3H3,(H,14,17). The van der Waals surface area contributed by atoms with Crippen LogP contribution in [0.3, 0.4) is 0 Å². The van der Waals surface area contributed by atoms with Crippen molar-refractivity contribution in [1.82, 2.24) is 19.7 Å². The Balaban J connectivity index is 2.44. The zero-order valence-corrected chi connectivity index (χ0v) is 12.3. The second-order valence-electron chi connectivity index (χ2n) is 4.22. The van der Waals surface area contributed by atoms with E-state index in [1.165, 1.54) is 0 Å². The highest BCUT2D eigenvalue weighted by Crippen LogP contribution is 2.30. The quantitative estimate of drug-likeness (QED) is 0.858. The largest absolute Gasteiger partial charge is 0.383 e. The molecule has 2 rings (SSSR count). The van der Waals surface area contributed by atoms with Crippen LogP contribution in [0.5, 0.6) is 0 Å². The molecular formula is C11H16N4OS2. The molecule has 7 heteroatoms. The number of nitrogens with one attached hydrogen (secondary N) is 1. The summed E-state index contributed by atoms with van der Waals surface area (Å²) in [6, 6.07) is 0. The van der Waals surface area contributed by atoms with Crippen molar-refractivity contribution in [2.24, 2.45) is 0 Å². The lowest BCUT2D eigenvalue weighted by atomic mass is 10.1. The Bertz CT molecular complexity index is 570. The highest BCUT2D eigenvalue weighted by Gasteiger charge is 2.17. The summed E-state index contributed by atoms with van der Waals surface area (Å²) < 4.78 is 7.67. The summed E-state index contributed by atoms with van der Waals surface area (Å²) in [6.07, 6.45) is 0. The van der Waals surface area contributed by atoms with Gasteiger partial charge >= 0.3 is 0 Å². The Labute approximate surface area is 115 Å². The first kappa shape index (κ1) is 13.4. The number of nitrogens with zero attached hydrogens (tertiary/aromatic N) is 3. The fourth-order valence-electron chi connectivity index (χ4n) is 1.71. The highest BCUT2D eigenvalue weighted by molar-refractivity contribution is 7.71. The third-order valence-electron chi connectivity index (χ3n) is 2.62. The maximum absolute atomic E-state index is 5.24. The van der Waals surface area contributed by atoms with Gasteiger partial charge in [-0.1, -0.05) is 13.8 Å². The number of aromatic nitrogens is 4. The smallest absolute Gasteiger partial charge is 0.195 e. The lowest BCUT2D eigenvalue weighted by Gasteiger charge is -2.07. The lowest BCUT2D eigenvalue weighted by Crippen LogP contribution is -2.06. The second-order valence-corrected chi connectivity index (χ2v) is 5.46. The van der Waals surface area contributed by atoms with Crippen molar-refractivity contribution in [3.8, 4) is 10.7 Å². The van der Waals surface area contributed by atoms with Crippen LogP contribution < -0.4 is 0 Å². The van der Waals surface area contributed by atoms with Crippen molar-refractivity contribution in [1.29, 1.82) is 0 Å². The minimum Gasteiger partial charge on any atom is -0.383 e. The van der Waals surface area contributed by atoms with Crippen molar-refractivity contribution < 1.29 is 4.74 Å². The van der Waals surface area contributed by atoms with Crippen LogP contribution in [0.1, 0.15) is 25.5 Å². The first-order valence-electron chi connectivity index (χ1n) is 5.73. The van der Waals surface area contributed by atoms with E-state index in [2.05, 4.69) is 29.0 Å². The predicted octanol–water partition coefficient (Wildman–Crippen LogP) is 2.83. The Hall–Kier alpha value is -1.05. The van der Waals surface area contributed by atoms with Gasteiger partial charge < -0.3 is 4.74 Å². The summed E-state index contributed by atoms with van der Waals surface area (Å²) in [6.45, 7) is 5.55. The van der Waals surface area contributed by atoms with E-state index in [1.54, 1.807) is 18.4 Å². The molecule has 0 amide bonds. The van der Waals surface area contributed by atoms with Crippen LogP contribution >= 0.6 is 23.6 Å². The van der Waals surface area contributed by atoms with Crippen LogP contribution in [0.4, 0.5) is 0 Å². The molecule has 0 aliphatic rings. The van der Waals surface area contributed by atoms with Gasteiger partial charge in [0, 0.05) is 7.11 Å². The molecule has 98 valence electrons. The lowest BCUT2D eigenvalue weighted by molar-refractivity contribution is 0.187. The number of H-pyrrole nitrogens is 1. The van der Waals surface area contributed by atoms with E-state index < -0.39 is 0 Å². The number of methoxy groups -OCH3 is 1. The minimum absolute atomic E-state index is 0.368. The van der Waals surface area contributed by atoms with E-state index in [1.807, 2.05) is 10.1 Å². The summed E-state index contributed by atoms with van der Waals surface area (Å²) >= 11 is 6.83. The molecule has 0 radical (unpaired) electrons. The number of ether oxygens (including phenoxy) is 1. The van der Waals surface area contributed by atoms with Crippen LogP contribution in [-0.4, -0.2) is 33.5 Å². The summed E-state index contributed by atoms with van der Waals surface area (Å²) in [5.74, 6) is 1.22. The summed E-state index contributed by atoms with van der Waals surface area (Å²) in [7, 11) is 1.68. The first-order valence-corrected chi connectivity index (χ1v) is 7.01. The van der Waals surface area contributed by atoms with Crippen molar-refractivity contribution >= 4 is 23.6 Å². The molecule has 0 saturated heterocycles. The molecule has 0 aliphatic heterocycles. The van der Waals surface area contributed by atoms with E-state index in [0.717, 1.165) is 16.4 Å². The molecule has 0 saturated carbocycles. The van der Waals surface area contributed by atoms with E-state index in [0.29, 0.717) is 23.8 Å². The van der Waals surface area contributed by atoms with Crippen LogP contribution in [0.2, 0.25) is 0 Å². The zero-order valence-electron chi connectivity index (χ0n) is 10.6. The molecule has 2 aromatic rings. The molecule has 0 atom stereocenters. The van der Waals surface area contributed by atoms with Gasteiger partial charge in [-0.15, -0.1) is 11.3 Å². The van der Waals surface area contributed by atoms with Gasteiger partial charge in [0.1, 0.15) is 0 Å². The molecule has 2 aromatic heterocycles. The van der Waals surface area contributed by atoms with Crippen LogP contribution in [0.25, 0.3) is 10.7 Å². The van der Waals surface area contributed by atoms with E-state index in [9.17, 15) is 0 Å². The van der Waals surface area contributed by atoms with Gasteiger partial charge in [0.05, 0.1) is 29.2 Å².